The van der Waals surface area contributed by atoms with Gasteiger partial charge in [-0.05, 0) is 12.8 Å². The predicted molar refractivity (Wildman–Crippen MR) is 79.6 cm³/mol. The van der Waals surface area contributed by atoms with Crippen LogP contribution in [-0.4, -0.2) is 39.9 Å². The summed E-state index contributed by atoms with van der Waals surface area (Å²) < 4.78 is 0. The Bertz CT molecular complexity index is 519. The number of hydrogen-bond acceptors (Lipinski definition) is 4. The van der Waals surface area contributed by atoms with Crippen molar-refractivity contribution < 1.29 is 6.22 Å². The molecule has 2 fully saturated rings. The zero-order valence-corrected chi connectivity index (χ0v) is 12.4. The molecule has 1 aliphatic heterocycles. The number of amides is 1. The van der Waals surface area contributed by atoms with E-state index in [9.17, 15) is 4.79 Å². The van der Waals surface area contributed by atoms with Crippen LogP contribution in [0.1, 0.15) is 40.7 Å². The summed E-state index contributed by atoms with van der Waals surface area (Å²) in [7, 11) is 0. The van der Waals surface area contributed by atoms with E-state index in [1.165, 1.54) is 0 Å². The van der Waals surface area contributed by atoms with Crippen LogP contribution >= 0.6 is 0 Å². The van der Waals surface area contributed by atoms with Gasteiger partial charge in [0.25, 0.3) is 0 Å². The molecule has 5 heteroatoms. The van der Waals surface area contributed by atoms with E-state index in [1.807, 2.05) is 11.0 Å². The molecule has 0 aromatic carbocycles. The first-order valence-electron chi connectivity index (χ1n) is 7.31. The molecule has 3 rings (SSSR count). The minimum Gasteiger partial charge on any atom is -0.364 e. The summed E-state index contributed by atoms with van der Waals surface area (Å²) in [6.45, 7) is 8.00. The highest BCUT2D eigenvalue weighted by Gasteiger charge is 2.39. The van der Waals surface area contributed by atoms with E-state index in [0.29, 0.717) is 17.9 Å². The molecule has 1 saturated heterocycles. The molecule has 0 radical (unpaired) electrons. The molecule has 20 heavy (non-hydrogen) atoms. The first-order chi connectivity index (χ1) is 9.43. The van der Waals surface area contributed by atoms with Gasteiger partial charge in [-0.2, -0.15) is 0 Å². The maximum absolute atomic E-state index is 11.8. The molecule has 1 saturated carbocycles. The van der Waals surface area contributed by atoms with Gasteiger partial charge in [-0.1, -0.05) is 20.8 Å². The Labute approximate surface area is 121 Å². The van der Waals surface area contributed by atoms with E-state index in [2.05, 4.69) is 36.1 Å². The van der Waals surface area contributed by atoms with Crippen LogP contribution in [0.3, 0.4) is 0 Å². The highest BCUT2D eigenvalue weighted by molar-refractivity contribution is 5.82. The highest BCUT2D eigenvalue weighted by atomic mass is 16.2. The minimum atomic E-state index is 0. The smallest absolute Gasteiger partial charge is 0.225 e. The van der Waals surface area contributed by atoms with Gasteiger partial charge in [0, 0.05) is 31.9 Å². The summed E-state index contributed by atoms with van der Waals surface area (Å²) in [5, 5.41) is 3.39. The van der Waals surface area contributed by atoms with E-state index in [0.717, 1.165) is 37.4 Å². The van der Waals surface area contributed by atoms with Crippen LogP contribution in [-0.2, 0) is 10.2 Å². The van der Waals surface area contributed by atoms with E-state index < -0.39 is 0 Å². The van der Waals surface area contributed by atoms with E-state index in [4.69, 9.17) is 0 Å². The lowest BCUT2D eigenvalue weighted by Gasteiger charge is -2.40. The van der Waals surface area contributed by atoms with Gasteiger partial charge in [0.1, 0.15) is 12.1 Å². The molecule has 1 aromatic heterocycles. The maximum atomic E-state index is 11.8. The number of carbonyl (C=O) groups is 1. The minimum absolute atomic E-state index is 0. The Balaban J connectivity index is 0.00000161. The van der Waals surface area contributed by atoms with E-state index >= 15 is 0 Å². The number of aromatic nitrogens is 2. The zero-order chi connectivity index (χ0) is 14.3. The van der Waals surface area contributed by atoms with Crippen molar-refractivity contribution in [3.63, 3.8) is 0 Å². The molecular weight excluding hydrogens is 252 g/mol. The van der Waals surface area contributed by atoms with E-state index in [-0.39, 0.29) is 6.84 Å². The monoisotopic (exact) mass is 276 g/mol. The maximum Gasteiger partial charge on any atom is 0.225 e. The second kappa shape index (κ2) is 4.72. The van der Waals surface area contributed by atoms with Gasteiger partial charge in [-0.3, -0.25) is 4.79 Å². The molecule has 2 aliphatic rings. The van der Waals surface area contributed by atoms with Crippen molar-refractivity contribution >= 4 is 11.7 Å². The molecule has 0 atom stereocenters. The van der Waals surface area contributed by atoms with Crippen LogP contribution in [0.15, 0.2) is 12.4 Å². The average molecular weight is 276 g/mol. The molecule has 1 amide bonds. The number of rotatable bonds is 3. The standard InChI is InChI=1S/C15H22N4O.H2/c1-15(2,3)12-6-13(17-9-16-12)18-11-7-19(8-11)14(20)10-4-5-10;/h6,9-11H,4-5,7-8H2,1-3H3,(H,16,17,18);1H. The quantitative estimate of drug-likeness (QED) is 0.918. The van der Waals surface area contributed by atoms with Crippen molar-refractivity contribution in [2.24, 2.45) is 5.92 Å². The SMILES string of the molecule is CC(C)(C)c1cc(NC2CN(C(=O)C3CC3)C2)ncn1.[HH]. The van der Waals surface area contributed by atoms with Gasteiger partial charge in [-0.15, -0.1) is 0 Å². The number of anilines is 1. The van der Waals surface area contributed by atoms with Gasteiger partial charge in [-0.25, -0.2) is 9.97 Å². The van der Waals surface area contributed by atoms with Crippen LogP contribution in [0.25, 0.3) is 0 Å². The molecule has 110 valence electrons. The summed E-state index contributed by atoms with van der Waals surface area (Å²) in [5.41, 5.74) is 1.05. The molecular formula is C15H24N4O. The van der Waals surface area contributed by atoms with Crippen LogP contribution in [0.2, 0.25) is 0 Å². The Morgan fingerprint density at radius 3 is 2.65 bits per heavy atom. The summed E-state index contributed by atoms with van der Waals surface area (Å²) in [4.78, 5) is 22.4. The molecule has 0 unspecified atom stereocenters. The summed E-state index contributed by atoms with van der Waals surface area (Å²) in [5.74, 6) is 1.51. The second-order valence-corrected chi connectivity index (χ2v) is 6.90. The van der Waals surface area contributed by atoms with Crippen molar-refractivity contribution in [2.45, 2.75) is 45.1 Å². The van der Waals surface area contributed by atoms with Gasteiger partial charge >= 0.3 is 0 Å². The van der Waals surface area contributed by atoms with Crippen LogP contribution in [0, 0.1) is 5.92 Å². The number of nitrogens with zero attached hydrogens (tertiary/aromatic N) is 3. The van der Waals surface area contributed by atoms with Crippen molar-refractivity contribution in [1.29, 1.82) is 0 Å². The third kappa shape index (κ3) is 2.76. The molecule has 1 aromatic rings. The Morgan fingerprint density at radius 2 is 2.05 bits per heavy atom. The van der Waals surface area contributed by atoms with Crippen LogP contribution in [0.5, 0.6) is 0 Å². The fraction of sp³-hybridized carbons (Fsp3) is 0.667. The average Bonchev–Trinajstić information content (AvgIpc) is 3.16. The number of hydrogen-bond donors (Lipinski definition) is 1. The highest BCUT2D eigenvalue weighted by Crippen LogP contribution is 2.32. The van der Waals surface area contributed by atoms with Crippen molar-refractivity contribution in [2.75, 3.05) is 18.4 Å². The molecule has 0 spiro atoms. The second-order valence-electron chi connectivity index (χ2n) is 6.90. The first-order valence-corrected chi connectivity index (χ1v) is 7.31. The summed E-state index contributed by atoms with van der Waals surface area (Å²) in [6, 6.07) is 2.33. The Kier molecular flexibility index (Phi) is 3.15. The van der Waals surface area contributed by atoms with Gasteiger partial charge in [0.2, 0.25) is 5.91 Å². The molecule has 0 bridgehead atoms. The zero-order valence-electron chi connectivity index (χ0n) is 12.4. The van der Waals surface area contributed by atoms with Crippen molar-refractivity contribution in [3.8, 4) is 0 Å². The molecule has 5 nitrogen and oxygen atoms in total. The lowest BCUT2D eigenvalue weighted by Crippen LogP contribution is -2.57. The summed E-state index contributed by atoms with van der Waals surface area (Å²) in [6.07, 6.45) is 3.76. The largest absolute Gasteiger partial charge is 0.364 e. The van der Waals surface area contributed by atoms with Crippen molar-refractivity contribution in [1.82, 2.24) is 14.9 Å². The van der Waals surface area contributed by atoms with E-state index in [1.54, 1.807) is 6.33 Å². The number of likely N-dealkylation sites (tertiary alicyclic amines) is 1. The predicted octanol–water partition coefficient (Wildman–Crippen LogP) is 2.05. The fourth-order valence-corrected chi connectivity index (χ4v) is 2.39. The molecule has 1 aliphatic carbocycles. The Hall–Kier alpha value is -1.65. The fourth-order valence-electron chi connectivity index (χ4n) is 2.39. The number of nitrogens with one attached hydrogen (secondary N) is 1. The number of carbonyl (C=O) groups excluding carboxylic acids is 1. The van der Waals surface area contributed by atoms with Crippen LogP contribution in [0.4, 0.5) is 5.82 Å². The Morgan fingerprint density at radius 1 is 1.35 bits per heavy atom. The topological polar surface area (TPSA) is 58.1 Å². The normalized spacial score (nSPS) is 19.6. The molecule has 2 heterocycles. The third-order valence-electron chi connectivity index (χ3n) is 3.91. The molecule has 1 N–H and O–H groups in total. The van der Waals surface area contributed by atoms with Gasteiger partial charge in [0.15, 0.2) is 0 Å². The van der Waals surface area contributed by atoms with Crippen molar-refractivity contribution in [3.05, 3.63) is 18.1 Å². The first kappa shape index (κ1) is 13.3. The lowest BCUT2D eigenvalue weighted by molar-refractivity contribution is -0.136. The van der Waals surface area contributed by atoms with Crippen LogP contribution < -0.4 is 5.32 Å². The lowest BCUT2D eigenvalue weighted by atomic mass is 9.92. The third-order valence-corrected chi connectivity index (χ3v) is 3.91. The van der Waals surface area contributed by atoms with Gasteiger partial charge in [0.05, 0.1) is 11.7 Å². The van der Waals surface area contributed by atoms with Gasteiger partial charge < -0.3 is 10.2 Å². The summed E-state index contributed by atoms with van der Waals surface area (Å²) >= 11 is 0.